The van der Waals surface area contributed by atoms with E-state index >= 15 is 0 Å². The van der Waals surface area contributed by atoms with E-state index in [-0.39, 0.29) is 17.8 Å². The zero-order chi connectivity index (χ0) is 11.0. The minimum absolute atomic E-state index is 0.0948. The Balaban J connectivity index is 2.16. The maximum atomic E-state index is 12.9. The third kappa shape index (κ3) is 1.98. The number of hydrogen-bond donors (Lipinski definition) is 0. The molecule has 1 aliphatic rings. The van der Waals surface area contributed by atoms with Gasteiger partial charge in [-0.3, -0.25) is 4.79 Å². The SMILES string of the molecule is COC(=O)C1CC1c1cc(F)cc(F)c1. The molecule has 2 nitrogen and oxygen atoms in total. The third-order valence-electron chi connectivity index (χ3n) is 2.61. The van der Waals surface area contributed by atoms with Gasteiger partial charge in [-0.15, -0.1) is 0 Å². The molecule has 80 valence electrons. The van der Waals surface area contributed by atoms with Gasteiger partial charge in [-0.05, 0) is 30.0 Å². The van der Waals surface area contributed by atoms with E-state index in [0.29, 0.717) is 12.0 Å². The van der Waals surface area contributed by atoms with Crippen LogP contribution in [-0.2, 0) is 9.53 Å². The van der Waals surface area contributed by atoms with Crippen molar-refractivity contribution in [3.8, 4) is 0 Å². The minimum atomic E-state index is -0.611. The standard InChI is InChI=1S/C11H10F2O2/c1-15-11(14)10-5-9(10)6-2-7(12)4-8(13)3-6/h2-4,9-10H,5H2,1H3. The van der Waals surface area contributed by atoms with Gasteiger partial charge in [-0.1, -0.05) is 0 Å². The van der Waals surface area contributed by atoms with Crippen LogP contribution in [0.2, 0.25) is 0 Å². The summed E-state index contributed by atoms with van der Waals surface area (Å²) in [6.45, 7) is 0. The molecule has 2 unspecified atom stereocenters. The molecular formula is C11H10F2O2. The quantitative estimate of drug-likeness (QED) is 0.703. The number of carbonyl (C=O) groups is 1. The van der Waals surface area contributed by atoms with Gasteiger partial charge >= 0.3 is 5.97 Å². The highest BCUT2D eigenvalue weighted by molar-refractivity contribution is 5.77. The first kappa shape index (κ1) is 10.1. The van der Waals surface area contributed by atoms with Crippen LogP contribution >= 0.6 is 0 Å². The predicted molar refractivity (Wildman–Crippen MR) is 49.2 cm³/mol. The number of carbonyl (C=O) groups excluding carboxylic acids is 1. The average molecular weight is 212 g/mol. The summed E-state index contributed by atoms with van der Waals surface area (Å²) in [6, 6.07) is 3.34. The normalized spacial score (nSPS) is 23.7. The zero-order valence-corrected chi connectivity index (χ0v) is 8.17. The number of ether oxygens (including phenoxy) is 1. The number of rotatable bonds is 2. The summed E-state index contributed by atoms with van der Waals surface area (Å²) < 4.78 is 30.3. The molecule has 0 bridgehead atoms. The van der Waals surface area contributed by atoms with Crippen molar-refractivity contribution in [1.29, 1.82) is 0 Å². The minimum Gasteiger partial charge on any atom is -0.469 e. The van der Waals surface area contributed by atoms with Gasteiger partial charge in [0.1, 0.15) is 11.6 Å². The van der Waals surface area contributed by atoms with Crippen LogP contribution in [0.5, 0.6) is 0 Å². The van der Waals surface area contributed by atoms with Crippen molar-refractivity contribution in [2.24, 2.45) is 5.92 Å². The largest absolute Gasteiger partial charge is 0.469 e. The topological polar surface area (TPSA) is 26.3 Å². The van der Waals surface area contributed by atoms with Crippen molar-refractivity contribution in [2.75, 3.05) is 7.11 Å². The van der Waals surface area contributed by atoms with Crippen LogP contribution in [0.3, 0.4) is 0 Å². The van der Waals surface area contributed by atoms with Crippen LogP contribution < -0.4 is 0 Å². The molecule has 2 rings (SSSR count). The highest BCUT2D eigenvalue weighted by Gasteiger charge is 2.45. The van der Waals surface area contributed by atoms with Crippen molar-refractivity contribution in [2.45, 2.75) is 12.3 Å². The molecular weight excluding hydrogens is 202 g/mol. The number of esters is 1. The molecule has 0 radical (unpaired) electrons. The van der Waals surface area contributed by atoms with Crippen molar-refractivity contribution in [3.63, 3.8) is 0 Å². The van der Waals surface area contributed by atoms with Gasteiger partial charge in [0.15, 0.2) is 0 Å². The van der Waals surface area contributed by atoms with Gasteiger partial charge in [0.2, 0.25) is 0 Å². The predicted octanol–water partition coefficient (Wildman–Crippen LogP) is 2.24. The molecule has 0 amide bonds. The summed E-state index contributed by atoms with van der Waals surface area (Å²) in [5.41, 5.74) is 0.530. The lowest BCUT2D eigenvalue weighted by Gasteiger charge is -2.00. The number of hydrogen-bond acceptors (Lipinski definition) is 2. The molecule has 0 aliphatic heterocycles. The van der Waals surface area contributed by atoms with E-state index < -0.39 is 11.6 Å². The second-order valence-corrected chi connectivity index (χ2v) is 3.67. The monoisotopic (exact) mass is 212 g/mol. The highest BCUT2D eigenvalue weighted by Crippen LogP contribution is 2.48. The summed E-state index contributed by atoms with van der Waals surface area (Å²) in [6.07, 6.45) is 0.607. The lowest BCUT2D eigenvalue weighted by Crippen LogP contribution is -2.04. The number of benzene rings is 1. The van der Waals surface area contributed by atoms with Crippen LogP contribution in [0.15, 0.2) is 18.2 Å². The molecule has 0 spiro atoms. The second-order valence-electron chi connectivity index (χ2n) is 3.67. The first-order valence-electron chi connectivity index (χ1n) is 4.65. The summed E-state index contributed by atoms with van der Waals surface area (Å²) >= 11 is 0. The highest BCUT2D eigenvalue weighted by atomic mass is 19.1. The molecule has 1 fully saturated rings. The van der Waals surface area contributed by atoms with Crippen LogP contribution in [0, 0.1) is 17.6 Å². The molecule has 1 aliphatic carbocycles. The van der Waals surface area contributed by atoms with Crippen LogP contribution in [-0.4, -0.2) is 13.1 Å². The van der Waals surface area contributed by atoms with Gasteiger partial charge in [-0.25, -0.2) is 8.78 Å². The Labute approximate surface area is 85.9 Å². The fourth-order valence-electron chi connectivity index (χ4n) is 1.76. The van der Waals surface area contributed by atoms with Gasteiger partial charge in [0, 0.05) is 6.07 Å². The molecule has 0 heterocycles. The van der Waals surface area contributed by atoms with Crippen LogP contribution in [0.1, 0.15) is 17.9 Å². The maximum absolute atomic E-state index is 12.9. The van der Waals surface area contributed by atoms with Gasteiger partial charge in [-0.2, -0.15) is 0 Å². The maximum Gasteiger partial charge on any atom is 0.309 e. The van der Waals surface area contributed by atoms with E-state index in [1.54, 1.807) is 0 Å². The molecule has 0 aromatic heterocycles. The van der Waals surface area contributed by atoms with Gasteiger partial charge < -0.3 is 4.74 Å². The average Bonchev–Trinajstić information content (AvgIpc) is 2.94. The third-order valence-corrected chi connectivity index (χ3v) is 2.61. The van der Waals surface area contributed by atoms with E-state index in [0.717, 1.165) is 6.07 Å². The molecule has 15 heavy (non-hydrogen) atoms. The fraction of sp³-hybridized carbons (Fsp3) is 0.364. The number of halogens is 2. The van der Waals surface area contributed by atoms with E-state index in [2.05, 4.69) is 4.74 Å². The van der Waals surface area contributed by atoms with E-state index in [9.17, 15) is 13.6 Å². The lowest BCUT2D eigenvalue weighted by molar-refractivity contribution is -0.142. The lowest BCUT2D eigenvalue weighted by atomic mass is 10.1. The molecule has 2 atom stereocenters. The zero-order valence-electron chi connectivity index (χ0n) is 8.17. The Bertz CT molecular complexity index is 383. The van der Waals surface area contributed by atoms with Crippen molar-refractivity contribution in [3.05, 3.63) is 35.4 Å². The molecule has 1 aromatic rings. The van der Waals surface area contributed by atoms with E-state index in [4.69, 9.17) is 0 Å². The summed E-state index contributed by atoms with van der Waals surface area (Å²) in [7, 11) is 1.31. The Morgan fingerprint density at radius 1 is 1.33 bits per heavy atom. The Morgan fingerprint density at radius 3 is 2.47 bits per heavy atom. The Morgan fingerprint density at radius 2 is 1.93 bits per heavy atom. The Hall–Kier alpha value is -1.45. The number of methoxy groups -OCH3 is 1. The summed E-state index contributed by atoms with van der Waals surface area (Å²) in [4.78, 5) is 11.1. The fourth-order valence-corrected chi connectivity index (χ4v) is 1.76. The summed E-state index contributed by atoms with van der Waals surface area (Å²) in [5.74, 6) is -1.87. The molecule has 4 heteroatoms. The molecule has 1 aromatic carbocycles. The molecule has 0 N–H and O–H groups in total. The van der Waals surface area contributed by atoms with Crippen molar-refractivity contribution in [1.82, 2.24) is 0 Å². The van der Waals surface area contributed by atoms with Gasteiger partial charge in [0.05, 0.1) is 13.0 Å². The van der Waals surface area contributed by atoms with Crippen molar-refractivity contribution >= 4 is 5.97 Å². The second kappa shape index (κ2) is 3.61. The van der Waals surface area contributed by atoms with Crippen molar-refractivity contribution < 1.29 is 18.3 Å². The van der Waals surface area contributed by atoms with E-state index in [1.807, 2.05) is 0 Å². The van der Waals surface area contributed by atoms with Crippen LogP contribution in [0.4, 0.5) is 8.78 Å². The molecule has 1 saturated carbocycles. The van der Waals surface area contributed by atoms with Crippen LogP contribution in [0.25, 0.3) is 0 Å². The summed E-state index contributed by atoms with van der Waals surface area (Å²) in [5, 5.41) is 0. The van der Waals surface area contributed by atoms with E-state index in [1.165, 1.54) is 19.2 Å². The van der Waals surface area contributed by atoms with Gasteiger partial charge in [0.25, 0.3) is 0 Å². The first-order chi connectivity index (χ1) is 7.11. The Kier molecular flexibility index (Phi) is 2.42. The molecule has 0 saturated heterocycles. The smallest absolute Gasteiger partial charge is 0.309 e. The first-order valence-corrected chi connectivity index (χ1v) is 4.65.